The topological polar surface area (TPSA) is 84.1 Å². The molecule has 0 N–H and O–H groups in total. The normalized spacial score (nSPS) is 18.1. The summed E-state index contributed by atoms with van der Waals surface area (Å²) in [6, 6.07) is 0.0746. The zero-order valence-electron chi connectivity index (χ0n) is 12.0. The zero-order chi connectivity index (χ0) is 14.8. The van der Waals surface area contributed by atoms with E-state index < -0.39 is 5.97 Å². The number of nitrogens with zero attached hydrogens (tertiary/aromatic N) is 5. The molecule has 0 bridgehead atoms. The molecule has 3 heterocycles. The summed E-state index contributed by atoms with van der Waals surface area (Å²) < 4.78 is 14.0. The van der Waals surface area contributed by atoms with Crippen molar-refractivity contribution in [3.63, 3.8) is 0 Å². The second-order valence-electron chi connectivity index (χ2n) is 4.86. The number of hydrogen-bond donors (Lipinski definition) is 0. The Kier molecular flexibility index (Phi) is 3.70. The molecule has 2 aromatic rings. The van der Waals surface area contributed by atoms with E-state index in [1.807, 2.05) is 11.6 Å². The van der Waals surface area contributed by atoms with Crippen LogP contribution in [0.4, 0.5) is 0 Å². The maximum Gasteiger partial charge on any atom is 0.361 e. The van der Waals surface area contributed by atoms with Crippen LogP contribution in [-0.4, -0.2) is 50.3 Å². The average Bonchev–Trinajstić information content (AvgIpc) is 3.17. The molecule has 1 fully saturated rings. The first kappa shape index (κ1) is 13.7. The number of carbonyl (C=O) groups is 1. The van der Waals surface area contributed by atoms with Crippen LogP contribution in [0.5, 0.6) is 0 Å². The summed E-state index contributed by atoms with van der Waals surface area (Å²) >= 11 is 0. The number of esters is 1. The zero-order valence-corrected chi connectivity index (χ0v) is 12.0. The Morgan fingerprint density at radius 1 is 1.57 bits per heavy atom. The molecule has 8 heteroatoms. The van der Waals surface area contributed by atoms with Gasteiger partial charge in [0.15, 0.2) is 5.69 Å². The summed E-state index contributed by atoms with van der Waals surface area (Å²) in [6.45, 7) is 3.31. The summed E-state index contributed by atoms with van der Waals surface area (Å²) in [5.41, 5.74) is 1.62. The molecule has 8 nitrogen and oxygen atoms in total. The summed E-state index contributed by atoms with van der Waals surface area (Å²) in [5.74, 6) is -0.473. The van der Waals surface area contributed by atoms with Crippen molar-refractivity contribution in [3.05, 3.63) is 18.2 Å². The molecule has 1 unspecified atom stereocenters. The molecule has 0 spiro atoms. The highest BCUT2D eigenvalue weighted by Gasteiger charge is 2.29. The van der Waals surface area contributed by atoms with Gasteiger partial charge in [0.2, 0.25) is 0 Å². The Balaban J connectivity index is 2.09. The van der Waals surface area contributed by atoms with Crippen LogP contribution in [0.2, 0.25) is 0 Å². The smallest absolute Gasteiger partial charge is 0.361 e. The minimum absolute atomic E-state index is 0.0746. The fourth-order valence-corrected chi connectivity index (χ4v) is 2.43. The summed E-state index contributed by atoms with van der Waals surface area (Å²) in [4.78, 5) is 16.2. The first-order valence-electron chi connectivity index (χ1n) is 6.89. The highest BCUT2D eigenvalue weighted by Crippen LogP contribution is 2.28. The number of carbonyl (C=O) groups excluding carboxylic acids is 1. The Hall–Kier alpha value is -2.22. The van der Waals surface area contributed by atoms with Gasteiger partial charge in [-0.2, -0.15) is 0 Å². The molecular formula is C13H17N5O3. The SMILES string of the molecule is CCOC(=O)c1nnn(C2CCOC2)c1-c1cncn1C. The van der Waals surface area contributed by atoms with Crippen LogP contribution in [0.3, 0.4) is 0 Å². The summed E-state index contributed by atoms with van der Waals surface area (Å²) in [6.07, 6.45) is 4.21. The van der Waals surface area contributed by atoms with Crippen LogP contribution in [0.1, 0.15) is 29.9 Å². The highest BCUT2D eigenvalue weighted by atomic mass is 16.5. The standard InChI is InChI=1S/C13H17N5O3/c1-3-21-13(19)11-12(10-6-14-8-17(10)2)18(16-15-11)9-4-5-20-7-9/h6,8-9H,3-5,7H2,1-2H3. The number of imidazole rings is 1. The molecule has 0 aromatic carbocycles. The Morgan fingerprint density at radius 2 is 2.43 bits per heavy atom. The lowest BCUT2D eigenvalue weighted by Gasteiger charge is -2.12. The molecule has 1 saturated heterocycles. The van der Waals surface area contributed by atoms with Crippen LogP contribution < -0.4 is 0 Å². The molecule has 1 atom stereocenters. The van der Waals surface area contributed by atoms with Gasteiger partial charge in [-0.3, -0.25) is 0 Å². The second kappa shape index (κ2) is 5.65. The van der Waals surface area contributed by atoms with Crippen LogP contribution in [0.15, 0.2) is 12.5 Å². The van der Waals surface area contributed by atoms with Crippen LogP contribution in [0.25, 0.3) is 11.4 Å². The molecule has 0 radical (unpaired) electrons. The molecule has 0 saturated carbocycles. The third-order valence-corrected chi connectivity index (χ3v) is 3.47. The molecule has 1 aliphatic heterocycles. The van der Waals surface area contributed by atoms with E-state index in [2.05, 4.69) is 15.3 Å². The van der Waals surface area contributed by atoms with Crippen molar-refractivity contribution < 1.29 is 14.3 Å². The lowest BCUT2D eigenvalue weighted by molar-refractivity contribution is 0.0520. The molecule has 2 aromatic heterocycles. The van der Waals surface area contributed by atoms with E-state index in [1.165, 1.54) is 0 Å². The van der Waals surface area contributed by atoms with E-state index in [0.29, 0.717) is 25.5 Å². The van der Waals surface area contributed by atoms with E-state index in [9.17, 15) is 4.79 Å². The molecule has 21 heavy (non-hydrogen) atoms. The van der Waals surface area contributed by atoms with Gasteiger partial charge >= 0.3 is 5.97 Å². The molecular weight excluding hydrogens is 274 g/mol. The van der Waals surface area contributed by atoms with Gasteiger partial charge in [-0.15, -0.1) is 5.10 Å². The van der Waals surface area contributed by atoms with Gasteiger partial charge in [-0.25, -0.2) is 14.5 Å². The Morgan fingerprint density at radius 3 is 3.05 bits per heavy atom. The lowest BCUT2D eigenvalue weighted by Crippen LogP contribution is -2.14. The summed E-state index contributed by atoms with van der Waals surface area (Å²) in [7, 11) is 1.86. The van der Waals surface area contributed by atoms with Gasteiger partial charge in [-0.05, 0) is 13.3 Å². The molecule has 1 aliphatic rings. The van der Waals surface area contributed by atoms with Crippen LogP contribution in [0, 0.1) is 0 Å². The van der Waals surface area contributed by atoms with Gasteiger partial charge in [-0.1, -0.05) is 5.21 Å². The Bertz CT molecular complexity index is 642. The van der Waals surface area contributed by atoms with Crippen molar-refractivity contribution in [2.45, 2.75) is 19.4 Å². The van der Waals surface area contributed by atoms with Crippen molar-refractivity contribution in [1.82, 2.24) is 24.5 Å². The summed E-state index contributed by atoms with van der Waals surface area (Å²) in [5, 5.41) is 8.16. The van der Waals surface area contributed by atoms with E-state index in [-0.39, 0.29) is 11.7 Å². The minimum Gasteiger partial charge on any atom is -0.461 e. The number of ether oxygens (including phenoxy) is 2. The van der Waals surface area contributed by atoms with Gasteiger partial charge < -0.3 is 14.0 Å². The number of rotatable bonds is 4. The molecule has 112 valence electrons. The molecule has 0 aliphatic carbocycles. The largest absolute Gasteiger partial charge is 0.461 e. The van der Waals surface area contributed by atoms with Gasteiger partial charge in [0.25, 0.3) is 0 Å². The Labute approximate surface area is 121 Å². The van der Waals surface area contributed by atoms with Crippen molar-refractivity contribution in [2.75, 3.05) is 19.8 Å². The number of aryl methyl sites for hydroxylation is 1. The first-order chi connectivity index (χ1) is 10.2. The van der Waals surface area contributed by atoms with Gasteiger partial charge in [0.05, 0.1) is 37.5 Å². The van der Waals surface area contributed by atoms with Crippen LogP contribution in [-0.2, 0) is 16.5 Å². The average molecular weight is 291 g/mol. The number of hydrogen-bond acceptors (Lipinski definition) is 6. The maximum atomic E-state index is 12.1. The predicted octanol–water partition coefficient (Wildman–Crippen LogP) is 0.817. The number of aromatic nitrogens is 5. The fraction of sp³-hybridized carbons (Fsp3) is 0.538. The monoisotopic (exact) mass is 291 g/mol. The highest BCUT2D eigenvalue weighted by molar-refractivity contribution is 5.93. The van der Waals surface area contributed by atoms with Crippen LogP contribution >= 0.6 is 0 Å². The van der Waals surface area contributed by atoms with E-state index >= 15 is 0 Å². The third-order valence-electron chi connectivity index (χ3n) is 3.47. The van der Waals surface area contributed by atoms with E-state index in [0.717, 1.165) is 12.1 Å². The maximum absolute atomic E-state index is 12.1. The van der Waals surface area contributed by atoms with Crippen molar-refractivity contribution in [3.8, 4) is 11.4 Å². The minimum atomic E-state index is -0.473. The van der Waals surface area contributed by atoms with E-state index in [1.54, 1.807) is 24.1 Å². The van der Waals surface area contributed by atoms with Crippen molar-refractivity contribution in [1.29, 1.82) is 0 Å². The fourth-order valence-electron chi connectivity index (χ4n) is 2.43. The first-order valence-corrected chi connectivity index (χ1v) is 6.89. The van der Waals surface area contributed by atoms with Gasteiger partial charge in [0.1, 0.15) is 5.69 Å². The van der Waals surface area contributed by atoms with Crippen molar-refractivity contribution >= 4 is 5.97 Å². The predicted molar refractivity (Wildman–Crippen MR) is 72.7 cm³/mol. The molecule has 0 amide bonds. The van der Waals surface area contributed by atoms with E-state index in [4.69, 9.17) is 9.47 Å². The third kappa shape index (κ3) is 2.42. The quantitative estimate of drug-likeness (QED) is 0.775. The van der Waals surface area contributed by atoms with Crippen molar-refractivity contribution in [2.24, 2.45) is 7.05 Å². The van der Waals surface area contributed by atoms with Gasteiger partial charge in [0, 0.05) is 13.7 Å². The second-order valence-corrected chi connectivity index (χ2v) is 4.86. The lowest BCUT2D eigenvalue weighted by atomic mass is 10.2. The molecule has 3 rings (SSSR count).